The van der Waals surface area contributed by atoms with Gasteiger partial charge in [-0.15, -0.1) is 0 Å². The molecule has 0 saturated carbocycles. The van der Waals surface area contributed by atoms with Crippen molar-refractivity contribution in [2.75, 3.05) is 5.32 Å². The molecular weight excluding hydrogens is 210 g/mol. The average molecular weight is 219 g/mol. The molecule has 2 N–H and O–H groups in total. The van der Waals surface area contributed by atoms with E-state index < -0.39 is 4.92 Å². The number of pyridine rings is 1. The van der Waals surface area contributed by atoms with E-state index in [1.165, 1.54) is 12.3 Å². The number of aromatic amines is 1. The van der Waals surface area contributed by atoms with Crippen molar-refractivity contribution in [2.45, 2.75) is 6.54 Å². The van der Waals surface area contributed by atoms with Crippen molar-refractivity contribution in [2.24, 2.45) is 0 Å². The molecule has 2 aromatic rings. The van der Waals surface area contributed by atoms with Crippen molar-refractivity contribution < 1.29 is 4.92 Å². The fourth-order valence-corrected chi connectivity index (χ4v) is 1.17. The van der Waals surface area contributed by atoms with E-state index in [4.69, 9.17) is 0 Å². The summed E-state index contributed by atoms with van der Waals surface area (Å²) in [5.41, 5.74) is 0.896. The topological polar surface area (TPSA) is 96.7 Å². The lowest BCUT2D eigenvalue weighted by atomic mass is 10.4. The Morgan fingerprint density at radius 2 is 2.31 bits per heavy atom. The van der Waals surface area contributed by atoms with Crippen LogP contribution >= 0.6 is 0 Å². The van der Waals surface area contributed by atoms with Crippen molar-refractivity contribution in [3.05, 3.63) is 46.4 Å². The summed E-state index contributed by atoms with van der Waals surface area (Å²) in [7, 11) is 0. The van der Waals surface area contributed by atoms with Crippen molar-refractivity contribution in [1.29, 1.82) is 0 Å². The maximum atomic E-state index is 10.4. The molecule has 2 aromatic heterocycles. The molecule has 82 valence electrons. The van der Waals surface area contributed by atoms with Gasteiger partial charge in [-0.25, -0.2) is 4.98 Å². The molecule has 0 spiro atoms. The van der Waals surface area contributed by atoms with Crippen molar-refractivity contribution in [3.8, 4) is 0 Å². The van der Waals surface area contributed by atoms with Crippen LogP contribution in [0.25, 0.3) is 0 Å². The molecule has 0 amide bonds. The van der Waals surface area contributed by atoms with Gasteiger partial charge in [-0.1, -0.05) is 0 Å². The first kappa shape index (κ1) is 10.1. The number of aromatic nitrogens is 3. The minimum Gasteiger partial charge on any atom is -0.364 e. The van der Waals surface area contributed by atoms with E-state index in [-0.39, 0.29) is 5.69 Å². The minimum atomic E-state index is -0.480. The zero-order chi connectivity index (χ0) is 11.4. The molecule has 2 rings (SSSR count). The summed E-state index contributed by atoms with van der Waals surface area (Å²) < 4.78 is 0. The molecule has 0 bridgehead atoms. The van der Waals surface area contributed by atoms with E-state index in [2.05, 4.69) is 20.5 Å². The molecular formula is C9H9N5O2. The molecule has 7 nitrogen and oxygen atoms in total. The highest BCUT2D eigenvalue weighted by molar-refractivity contribution is 5.40. The van der Waals surface area contributed by atoms with E-state index in [9.17, 15) is 10.1 Å². The summed E-state index contributed by atoms with van der Waals surface area (Å²) in [6, 6.07) is 4.80. The SMILES string of the molecule is O=[N+]([O-])c1ccc(NCc2ccn[nH]2)nc1. The Morgan fingerprint density at radius 3 is 2.88 bits per heavy atom. The lowest BCUT2D eigenvalue weighted by Crippen LogP contribution is -2.01. The highest BCUT2D eigenvalue weighted by Crippen LogP contribution is 2.12. The second-order valence-electron chi connectivity index (χ2n) is 3.09. The van der Waals surface area contributed by atoms with Gasteiger partial charge in [0.2, 0.25) is 0 Å². The number of H-pyrrole nitrogens is 1. The van der Waals surface area contributed by atoms with Crippen LogP contribution in [0.1, 0.15) is 5.69 Å². The molecule has 0 fully saturated rings. The van der Waals surface area contributed by atoms with E-state index in [1.807, 2.05) is 6.07 Å². The van der Waals surface area contributed by atoms with Crippen LogP contribution in [-0.4, -0.2) is 20.1 Å². The van der Waals surface area contributed by atoms with Gasteiger partial charge in [-0.05, 0) is 12.1 Å². The smallest absolute Gasteiger partial charge is 0.287 e. The number of hydrogen-bond donors (Lipinski definition) is 2. The molecule has 0 aromatic carbocycles. The Labute approximate surface area is 90.7 Å². The van der Waals surface area contributed by atoms with Gasteiger partial charge >= 0.3 is 0 Å². The van der Waals surface area contributed by atoms with Gasteiger partial charge in [0.1, 0.15) is 12.0 Å². The predicted octanol–water partition coefficient (Wildman–Crippen LogP) is 1.32. The summed E-state index contributed by atoms with van der Waals surface area (Å²) in [4.78, 5) is 13.8. The quantitative estimate of drug-likeness (QED) is 0.597. The second-order valence-corrected chi connectivity index (χ2v) is 3.09. The Kier molecular flexibility index (Phi) is 2.77. The largest absolute Gasteiger partial charge is 0.364 e. The third-order valence-electron chi connectivity index (χ3n) is 1.98. The van der Waals surface area contributed by atoms with E-state index in [0.717, 1.165) is 5.69 Å². The average Bonchev–Trinajstić information content (AvgIpc) is 2.80. The van der Waals surface area contributed by atoms with Crippen LogP contribution in [0.2, 0.25) is 0 Å². The van der Waals surface area contributed by atoms with Crippen molar-refractivity contribution in [1.82, 2.24) is 15.2 Å². The number of nitro groups is 1. The maximum Gasteiger partial charge on any atom is 0.287 e. The van der Waals surface area contributed by atoms with Crippen LogP contribution in [0.4, 0.5) is 11.5 Å². The number of hydrogen-bond acceptors (Lipinski definition) is 5. The summed E-state index contributed by atoms with van der Waals surface area (Å²) in [6.07, 6.45) is 2.87. The maximum absolute atomic E-state index is 10.4. The normalized spacial score (nSPS) is 10.0. The number of anilines is 1. The van der Waals surface area contributed by atoms with E-state index >= 15 is 0 Å². The molecule has 0 saturated heterocycles. The van der Waals surface area contributed by atoms with Gasteiger partial charge in [-0.3, -0.25) is 15.2 Å². The van der Waals surface area contributed by atoms with Crippen LogP contribution in [0.5, 0.6) is 0 Å². The molecule has 16 heavy (non-hydrogen) atoms. The molecule has 0 unspecified atom stereocenters. The van der Waals surface area contributed by atoms with E-state index in [1.54, 1.807) is 12.3 Å². The fourth-order valence-electron chi connectivity index (χ4n) is 1.17. The molecule has 0 aliphatic heterocycles. The summed E-state index contributed by atoms with van der Waals surface area (Å²) in [5, 5.41) is 20.0. The van der Waals surface area contributed by atoms with Gasteiger partial charge in [-0.2, -0.15) is 5.10 Å². The van der Waals surface area contributed by atoms with Crippen LogP contribution in [0.3, 0.4) is 0 Å². The molecule has 0 aliphatic carbocycles. The Hall–Kier alpha value is -2.44. The summed E-state index contributed by atoms with van der Waals surface area (Å²) >= 11 is 0. The zero-order valence-corrected chi connectivity index (χ0v) is 8.25. The first-order chi connectivity index (χ1) is 7.75. The van der Waals surface area contributed by atoms with Gasteiger partial charge in [0.05, 0.1) is 17.2 Å². The van der Waals surface area contributed by atoms with Crippen LogP contribution in [0, 0.1) is 10.1 Å². The summed E-state index contributed by atoms with van der Waals surface area (Å²) in [6.45, 7) is 0.546. The highest BCUT2D eigenvalue weighted by atomic mass is 16.6. The number of nitrogens with one attached hydrogen (secondary N) is 2. The third kappa shape index (κ3) is 2.32. The van der Waals surface area contributed by atoms with Crippen LogP contribution < -0.4 is 5.32 Å². The second kappa shape index (κ2) is 4.39. The third-order valence-corrected chi connectivity index (χ3v) is 1.98. The highest BCUT2D eigenvalue weighted by Gasteiger charge is 2.04. The summed E-state index contributed by atoms with van der Waals surface area (Å²) in [5.74, 6) is 0.584. The first-order valence-corrected chi connectivity index (χ1v) is 4.58. The van der Waals surface area contributed by atoms with Gasteiger partial charge in [0, 0.05) is 12.3 Å². The molecule has 0 radical (unpaired) electrons. The Morgan fingerprint density at radius 1 is 1.44 bits per heavy atom. The monoisotopic (exact) mass is 219 g/mol. The van der Waals surface area contributed by atoms with Crippen LogP contribution in [0.15, 0.2) is 30.6 Å². The first-order valence-electron chi connectivity index (χ1n) is 4.58. The molecule has 0 aliphatic rings. The number of rotatable bonds is 4. The predicted molar refractivity (Wildman–Crippen MR) is 56.8 cm³/mol. The standard InChI is InChI=1S/C9H9N5O2/c15-14(16)8-1-2-9(11-6-8)10-5-7-3-4-12-13-7/h1-4,6H,5H2,(H,10,11)(H,12,13). The van der Waals surface area contributed by atoms with Gasteiger partial charge in [0.25, 0.3) is 5.69 Å². The Bertz CT molecular complexity index is 465. The lowest BCUT2D eigenvalue weighted by molar-refractivity contribution is -0.385. The molecule has 0 atom stereocenters. The van der Waals surface area contributed by atoms with Crippen molar-refractivity contribution >= 4 is 11.5 Å². The fraction of sp³-hybridized carbons (Fsp3) is 0.111. The minimum absolute atomic E-state index is 0.0212. The van der Waals surface area contributed by atoms with Crippen molar-refractivity contribution in [3.63, 3.8) is 0 Å². The van der Waals surface area contributed by atoms with Gasteiger partial charge in [0.15, 0.2) is 0 Å². The van der Waals surface area contributed by atoms with Crippen LogP contribution in [-0.2, 0) is 6.54 Å². The zero-order valence-electron chi connectivity index (χ0n) is 8.25. The van der Waals surface area contributed by atoms with E-state index in [0.29, 0.717) is 12.4 Å². The molecule has 7 heteroatoms. The molecule has 2 heterocycles. The van der Waals surface area contributed by atoms with Gasteiger partial charge < -0.3 is 5.32 Å². The lowest BCUT2D eigenvalue weighted by Gasteiger charge is -2.02. The Balaban J connectivity index is 1.98. The number of nitrogens with zero attached hydrogens (tertiary/aromatic N) is 3.